The number of anilines is 4. The minimum Gasteiger partial charge on any atom is -0.343 e. The van der Waals surface area contributed by atoms with E-state index in [1.807, 2.05) is 0 Å². The molecule has 0 fully saturated rings. The lowest BCUT2D eigenvalue weighted by molar-refractivity contribution is 1.11. The summed E-state index contributed by atoms with van der Waals surface area (Å²) in [5.74, 6) is 12.5. The summed E-state index contributed by atoms with van der Waals surface area (Å²) in [6.07, 6.45) is 0. The van der Waals surface area contributed by atoms with Crippen LogP contribution in [0.3, 0.4) is 0 Å². The first kappa shape index (κ1) is 23.6. The van der Waals surface area contributed by atoms with Crippen molar-refractivity contribution in [2.24, 2.45) is 0 Å². The zero-order valence-electron chi connectivity index (χ0n) is 19.4. The van der Waals surface area contributed by atoms with Gasteiger partial charge in [-0.1, -0.05) is 67.2 Å². The summed E-state index contributed by atoms with van der Waals surface area (Å²) in [7, 11) is 4.21. The van der Waals surface area contributed by atoms with Gasteiger partial charge in [-0.25, -0.2) is 0 Å². The van der Waals surface area contributed by atoms with Gasteiger partial charge in [0, 0.05) is 53.7 Å². The summed E-state index contributed by atoms with van der Waals surface area (Å²) in [6.45, 7) is 0. The SMILES string of the molecule is CN1c2ccc(Br)cc2Sc2cc(C#CC#Cc3ccc4c(c3)Sc3cc(Br)ccc3N4C)ccc21. The van der Waals surface area contributed by atoms with E-state index in [4.69, 9.17) is 0 Å². The van der Waals surface area contributed by atoms with Gasteiger partial charge in [-0.2, -0.15) is 0 Å². The standard InChI is InChI=1S/C30H18Br2N2S2/c1-33-23-11-7-19(15-27(23)35-29-17-21(31)9-13-25(29)33)5-3-4-6-20-8-12-24-28(16-20)36-30-18-22(32)10-14-26(30)34(24)2/h7-18H,1-2H3. The molecule has 0 spiro atoms. The highest BCUT2D eigenvalue weighted by atomic mass is 79.9. The first-order chi connectivity index (χ1) is 17.5. The van der Waals surface area contributed by atoms with Gasteiger partial charge >= 0.3 is 0 Å². The van der Waals surface area contributed by atoms with E-state index in [1.165, 1.54) is 42.3 Å². The number of benzene rings is 4. The summed E-state index contributed by atoms with van der Waals surface area (Å²) >= 11 is 10.7. The Morgan fingerprint density at radius 1 is 0.528 bits per heavy atom. The maximum atomic E-state index is 3.58. The molecule has 4 aromatic rings. The van der Waals surface area contributed by atoms with E-state index >= 15 is 0 Å². The van der Waals surface area contributed by atoms with Crippen LogP contribution in [0.5, 0.6) is 0 Å². The molecule has 2 aliphatic rings. The van der Waals surface area contributed by atoms with Crippen molar-refractivity contribution in [3.8, 4) is 23.7 Å². The molecular weight excluding hydrogens is 612 g/mol. The highest BCUT2D eigenvalue weighted by Crippen LogP contribution is 2.49. The molecule has 0 atom stereocenters. The van der Waals surface area contributed by atoms with Crippen molar-refractivity contribution in [3.63, 3.8) is 0 Å². The summed E-state index contributed by atoms with van der Waals surface area (Å²) in [5, 5.41) is 0. The van der Waals surface area contributed by atoms with Gasteiger partial charge in [-0.05, 0) is 84.6 Å². The van der Waals surface area contributed by atoms with E-state index in [-0.39, 0.29) is 0 Å². The van der Waals surface area contributed by atoms with Crippen LogP contribution in [0.25, 0.3) is 0 Å². The normalized spacial score (nSPS) is 12.8. The van der Waals surface area contributed by atoms with Gasteiger partial charge in [0.25, 0.3) is 0 Å². The van der Waals surface area contributed by atoms with Crippen molar-refractivity contribution in [3.05, 3.63) is 92.9 Å². The highest BCUT2D eigenvalue weighted by molar-refractivity contribution is 9.10. The smallest absolute Gasteiger partial charge is 0.0551 e. The van der Waals surface area contributed by atoms with Crippen LogP contribution >= 0.6 is 55.4 Å². The molecule has 6 heteroatoms. The molecule has 0 aliphatic carbocycles. The molecular formula is C30H18Br2N2S2. The Morgan fingerprint density at radius 2 is 0.889 bits per heavy atom. The van der Waals surface area contributed by atoms with Crippen LogP contribution in [-0.4, -0.2) is 14.1 Å². The second-order valence-electron chi connectivity index (χ2n) is 8.41. The van der Waals surface area contributed by atoms with Gasteiger partial charge in [0.1, 0.15) is 0 Å². The third-order valence-electron chi connectivity index (χ3n) is 6.12. The third kappa shape index (κ3) is 4.44. The maximum Gasteiger partial charge on any atom is 0.0551 e. The van der Waals surface area contributed by atoms with Crippen LogP contribution < -0.4 is 9.80 Å². The Hall–Kier alpha value is -2.74. The molecule has 0 saturated heterocycles. The molecule has 0 N–H and O–H groups in total. The van der Waals surface area contributed by atoms with Crippen LogP contribution in [0, 0.1) is 23.7 Å². The lowest BCUT2D eigenvalue weighted by Crippen LogP contribution is -2.14. The Labute approximate surface area is 236 Å². The van der Waals surface area contributed by atoms with Crippen molar-refractivity contribution < 1.29 is 0 Å². The third-order valence-corrected chi connectivity index (χ3v) is 9.30. The quantitative estimate of drug-likeness (QED) is 0.179. The monoisotopic (exact) mass is 628 g/mol. The summed E-state index contributed by atoms with van der Waals surface area (Å²) in [6, 6.07) is 25.5. The topological polar surface area (TPSA) is 6.48 Å². The van der Waals surface area contributed by atoms with E-state index in [9.17, 15) is 0 Å². The minimum absolute atomic E-state index is 0.965. The van der Waals surface area contributed by atoms with Crippen molar-refractivity contribution in [1.29, 1.82) is 0 Å². The number of fused-ring (bicyclic) bond motifs is 4. The van der Waals surface area contributed by atoms with Gasteiger partial charge in [0.15, 0.2) is 0 Å². The number of hydrogen-bond donors (Lipinski definition) is 0. The molecule has 2 aliphatic heterocycles. The molecule has 0 aromatic heterocycles. The molecule has 36 heavy (non-hydrogen) atoms. The fourth-order valence-electron chi connectivity index (χ4n) is 4.30. The van der Waals surface area contributed by atoms with E-state index in [1.54, 1.807) is 23.5 Å². The van der Waals surface area contributed by atoms with E-state index < -0.39 is 0 Å². The second-order valence-corrected chi connectivity index (χ2v) is 12.4. The Bertz CT molecular complexity index is 1550. The predicted molar refractivity (Wildman–Crippen MR) is 159 cm³/mol. The molecule has 2 heterocycles. The predicted octanol–water partition coefficient (Wildman–Crippen LogP) is 9.08. The van der Waals surface area contributed by atoms with Crippen LogP contribution in [0.15, 0.2) is 101 Å². The lowest BCUT2D eigenvalue weighted by Gasteiger charge is -2.29. The zero-order chi connectivity index (χ0) is 24.8. The zero-order valence-corrected chi connectivity index (χ0v) is 24.2. The van der Waals surface area contributed by atoms with Gasteiger partial charge < -0.3 is 9.80 Å². The first-order valence-electron chi connectivity index (χ1n) is 11.2. The molecule has 0 radical (unpaired) electrons. The molecule has 6 rings (SSSR count). The maximum absolute atomic E-state index is 3.58. The van der Waals surface area contributed by atoms with Crippen molar-refractivity contribution in [2.75, 3.05) is 23.9 Å². The van der Waals surface area contributed by atoms with Crippen LogP contribution in [0.2, 0.25) is 0 Å². The Morgan fingerprint density at radius 3 is 1.31 bits per heavy atom. The number of halogens is 2. The number of hydrogen-bond acceptors (Lipinski definition) is 4. The second kappa shape index (κ2) is 9.61. The first-order valence-corrected chi connectivity index (χ1v) is 14.4. The van der Waals surface area contributed by atoms with E-state index in [2.05, 4.69) is 152 Å². The van der Waals surface area contributed by atoms with Gasteiger partial charge in [0.2, 0.25) is 0 Å². The van der Waals surface area contributed by atoms with Crippen LogP contribution in [0.4, 0.5) is 22.7 Å². The summed E-state index contributed by atoms with van der Waals surface area (Å²) < 4.78 is 2.17. The minimum atomic E-state index is 0.965. The fourth-order valence-corrected chi connectivity index (χ4v) is 7.78. The van der Waals surface area contributed by atoms with Crippen LogP contribution in [-0.2, 0) is 0 Å². The molecule has 4 aromatic carbocycles. The molecule has 2 nitrogen and oxygen atoms in total. The molecule has 0 saturated carbocycles. The average molecular weight is 630 g/mol. The molecule has 0 bridgehead atoms. The molecule has 174 valence electrons. The molecule has 0 unspecified atom stereocenters. The Balaban J connectivity index is 1.23. The number of nitrogens with zero attached hydrogens (tertiary/aromatic N) is 2. The van der Waals surface area contributed by atoms with E-state index in [0.29, 0.717) is 0 Å². The average Bonchev–Trinajstić information content (AvgIpc) is 2.86. The highest BCUT2D eigenvalue weighted by Gasteiger charge is 2.22. The van der Waals surface area contributed by atoms with Crippen LogP contribution in [0.1, 0.15) is 11.1 Å². The molecule has 0 amide bonds. The Kier molecular flexibility index (Phi) is 6.32. The van der Waals surface area contributed by atoms with Gasteiger partial charge in [0.05, 0.1) is 22.7 Å². The van der Waals surface area contributed by atoms with Gasteiger partial charge in [-0.15, -0.1) is 0 Å². The summed E-state index contributed by atoms with van der Waals surface area (Å²) in [4.78, 5) is 9.32. The fraction of sp³-hybridized carbons (Fsp3) is 0.0667. The van der Waals surface area contributed by atoms with Gasteiger partial charge in [-0.3, -0.25) is 0 Å². The van der Waals surface area contributed by atoms with Crippen molar-refractivity contribution >= 4 is 78.1 Å². The summed E-state index contributed by atoms with van der Waals surface area (Å²) in [5.41, 5.74) is 6.74. The number of rotatable bonds is 0. The van der Waals surface area contributed by atoms with Crippen molar-refractivity contribution in [2.45, 2.75) is 19.6 Å². The lowest BCUT2D eigenvalue weighted by atomic mass is 10.1. The van der Waals surface area contributed by atoms with E-state index in [0.717, 1.165) is 20.1 Å². The van der Waals surface area contributed by atoms with Crippen molar-refractivity contribution in [1.82, 2.24) is 0 Å². The largest absolute Gasteiger partial charge is 0.343 e.